The smallest absolute Gasteiger partial charge is 0.221 e. The largest absolute Gasteiger partial charge is 0.389 e. The molecular weight excluding hydrogens is 299 g/mol. The maximum atomic E-state index is 13.5. The zero-order chi connectivity index (χ0) is 16.8. The number of β-amino-alcohol motifs (C(OH)–C–C–N with tert-alkyl or cyclic N) is 1. The first-order valence-corrected chi connectivity index (χ1v) is 8.00. The van der Waals surface area contributed by atoms with Gasteiger partial charge in [0.2, 0.25) is 5.91 Å². The average molecular weight is 324 g/mol. The van der Waals surface area contributed by atoms with Gasteiger partial charge in [0.05, 0.1) is 25.2 Å². The van der Waals surface area contributed by atoms with Gasteiger partial charge >= 0.3 is 0 Å². The summed E-state index contributed by atoms with van der Waals surface area (Å²) in [7, 11) is 0. The summed E-state index contributed by atoms with van der Waals surface area (Å²) in [6, 6.07) is 6.71. The Labute approximate surface area is 136 Å². The number of benzene rings is 1. The van der Waals surface area contributed by atoms with E-state index in [0.29, 0.717) is 24.7 Å². The highest BCUT2D eigenvalue weighted by Crippen LogP contribution is 2.21. The molecule has 1 aliphatic rings. The molecule has 1 saturated heterocycles. The van der Waals surface area contributed by atoms with E-state index in [-0.39, 0.29) is 30.9 Å². The Hall–Kier alpha value is -1.50. The molecule has 2 rings (SSSR count). The van der Waals surface area contributed by atoms with Crippen molar-refractivity contribution in [1.82, 2.24) is 4.90 Å². The molecule has 5 nitrogen and oxygen atoms in total. The van der Waals surface area contributed by atoms with Crippen LogP contribution in [0.4, 0.5) is 4.39 Å². The zero-order valence-corrected chi connectivity index (χ0v) is 13.5. The van der Waals surface area contributed by atoms with Gasteiger partial charge in [0.1, 0.15) is 5.82 Å². The van der Waals surface area contributed by atoms with E-state index in [1.54, 1.807) is 18.2 Å². The van der Waals surface area contributed by atoms with Crippen molar-refractivity contribution in [3.8, 4) is 0 Å². The van der Waals surface area contributed by atoms with Crippen molar-refractivity contribution >= 4 is 5.91 Å². The Morgan fingerprint density at radius 3 is 2.91 bits per heavy atom. The Morgan fingerprint density at radius 1 is 1.48 bits per heavy atom. The van der Waals surface area contributed by atoms with Crippen LogP contribution in [0.5, 0.6) is 0 Å². The molecule has 3 N–H and O–H groups in total. The molecule has 1 heterocycles. The molecule has 0 aliphatic carbocycles. The number of halogens is 1. The van der Waals surface area contributed by atoms with Gasteiger partial charge < -0.3 is 15.6 Å². The number of hydrogen-bond donors (Lipinski definition) is 2. The molecule has 0 bridgehead atoms. The summed E-state index contributed by atoms with van der Waals surface area (Å²) in [5.41, 5.74) is 5.85. The van der Waals surface area contributed by atoms with E-state index in [9.17, 15) is 14.3 Å². The fourth-order valence-corrected chi connectivity index (χ4v) is 2.91. The number of carbonyl (C=O) groups is 1. The second-order valence-corrected chi connectivity index (χ2v) is 6.24. The first-order valence-electron chi connectivity index (χ1n) is 8.00. The highest BCUT2D eigenvalue weighted by Gasteiger charge is 2.29. The first kappa shape index (κ1) is 17.8. The van der Waals surface area contributed by atoms with Crippen LogP contribution in [0.2, 0.25) is 0 Å². The Bertz CT molecular complexity index is 526. The van der Waals surface area contributed by atoms with E-state index in [0.717, 1.165) is 12.8 Å². The molecule has 0 spiro atoms. The molecule has 1 aliphatic heterocycles. The van der Waals surface area contributed by atoms with Crippen molar-refractivity contribution in [1.29, 1.82) is 0 Å². The summed E-state index contributed by atoms with van der Waals surface area (Å²) in [6.07, 6.45) is 0.999. The van der Waals surface area contributed by atoms with Gasteiger partial charge in [0, 0.05) is 24.7 Å². The lowest BCUT2D eigenvalue weighted by Crippen LogP contribution is -2.49. The topological polar surface area (TPSA) is 75.8 Å². The SMILES string of the molecule is CC1CCC(C(N)=O)CN1CC(O)COCc1ccccc1F. The van der Waals surface area contributed by atoms with E-state index < -0.39 is 6.10 Å². The number of primary amides is 1. The molecule has 0 aromatic heterocycles. The molecule has 1 fully saturated rings. The molecule has 128 valence electrons. The molecule has 6 heteroatoms. The highest BCUT2D eigenvalue weighted by molar-refractivity contribution is 5.76. The van der Waals surface area contributed by atoms with Gasteiger partial charge in [0.15, 0.2) is 0 Å². The standard InChI is InChI=1S/C17H25FN2O3/c1-12-6-7-13(17(19)22)8-20(12)9-15(21)11-23-10-14-4-2-3-5-16(14)18/h2-5,12-13,15,21H,6-11H2,1H3,(H2,19,22). The Balaban J connectivity index is 1.76. The number of ether oxygens (including phenoxy) is 1. The van der Waals surface area contributed by atoms with Crippen LogP contribution in [0.25, 0.3) is 0 Å². The minimum absolute atomic E-state index is 0.124. The number of carbonyl (C=O) groups excluding carboxylic acids is 1. The molecule has 1 aromatic carbocycles. The van der Waals surface area contributed by atoms with Crippen molar-refractivity contribution < 1.29 is 19.0 Å². The second kappa shape index (κ2) is 8.38. The van der Waals surface area contributed by atoms with Crippen molar-refractivity contribution in [2.75, 3.05) is 19.7 Å². The van der Waals surface area contributed by atoms with E-state index in [1.807, 2.05) is 0 Å². The first-order chi connectivity index (χ1) is 11.0. The van der Waals surface area contributed by atoms with Crippen molar-refractivity contribution in [2.24, 2.45) is 11.7 Å². The molecular formula is C17H25FN2O3. The van der Waals surface area contributed by atoms with Crippen LogP contribution in [-0.4, -0.2) is 47.8 Å². The number of amides is 1. The van der Waals surface area contributed by atoms with Crippen LogP contribution in [0.3, 0.4) is 0 Å². The monoisotopic (exact) mass is 324 g/mol. The fraction of sp³-hybridized carbons (Fsp3) is 0.588. The van der Waals surface area contributed by atoms with Crippen LogP contribution in [0.15, 0.2) is 24.3 Å². The molecule has 0 radical (unpaired) electrons. The van der Waals surface area contributed by atoms with Crippen molar-refractivity contribution in [3.05, 3.63) is 35.6 Å². The second-order valence-electron chi connectivity index (χ2n) is 6.24. The van der Waals surface area contributed by atoms with E-state index in [2.05, 4.69) is 11.8 Å². The molecule has 1 aromatic rings. The van der Waals surface area contributed by atoms with Crippen molar-refractivity contribution in [3.63, 3.8) is 0 Å². The maximum Gasteiger partial charge on any atom is 0.221 e. The van der Waals surface area contributed by atoms with Crippen LogP contribution < -0.4 is 5.73 Å². The van der Waals surface area contributed by atoms with E-state index in [1.165, 1.54) is 6.07 Å². The summed E-state index contributed by atoms with van der Waals surface area (Å²) < 4.78 is 18.9. The number of nitrogens with zero attached hydrogens (tertiary/aromatic N) is 1. The quantitative estimate of drug-likeness (QED) is 0.792. The normalized spacial score (nSPS) is 23.6. The van der Waals surface area contributed by atoms with Gasteiger partial charge in [-0.15, -0.1) is 0 Å². The van der Waals surface area contributed by atoms with Gasteiger partial charge in [0.25, 0.3) is 0 Å². The number of hydrogen-bond acceptors (Lipinski definition) is 4. The average Bonchev–Trinajstić information content (AvgIpc) is 2.51. The third-order valence-corrected chi connectivity index (χ3v) is 4.38. The minimum atomic E-state index is -0.684. The third-order valence-electron chi connectivity index (χ3n) is 4.38. The van der Waals surface area contributed by atoms with Crippen LogP contribution in [0, 0.1) is 11.7 Å². The number of aliphatic hydroxyl groups excluding tert-OH is 1. The lowest BCUT2D eigenvalue weighted by Gasteiger charge is -2.37. The lowest BCUT2D eigenvalue weighted by molar-refractivity contribution is -0.124. The van der Waals surface area contributed by atoms with Crippen LogP contribution >= 0.6 is 0 Å². The fourth-order valence-electron chi connectivity index (χ4n) is 2.91. The Kier molecular flexibility index (Phi) is 6.50. The summed E-state index contributed by atoms with van der Waals surface area (Å²) in [6.45, 7) is 3.31. The summed E-state index contributed by atoms with van der Waals surface area (Å²) in [4.78, 5) is 13.4. The van der Waals surface area contributed by atoms with Gasteiger partial charge in [-0.05, 0) is 25.8 Å². The lowest BCUT2D eigenvalue weighted by atomic mass is 9.93. The molecule has 1 amide bonds. The number of likely N-dealkylation sites (tertiary alicyclic amines) is 1. The molecule has 23 heavy (non-hydrogen) atoms. The van der Waals surface area contributed by atoms with Gasteiger partial charge in [-0.1, -0.05) is 18.2 Å². The number of piperidine rings is 1. The van der Waals surface area contributed by atoms with Gasteiger partial charge in [-0.25, -0.2) is 4.39 Å². The minimum Gasteiger partial charge on any atom is -0.389 e. The van der Waals surface area contributed by atoms with E-state index in [4.69, 9.17) is 10.5 Å². The van der Waals surface area contributed by atoms with Gasteiger partial charge in [-0.2, -0.15) is 0 Å². The predicted octanol–water partition coefficient (Wildman–Crippen LogP) is 1.29. The molecule has 3 unspecified atom stereocenters. The number of nitrogens with two attached hydrogens (primary N) is 1. The maximum absolute atomic E-state index is 13.5. The Morgan fingerprint density at radius 2 is 2.22 bits per heavy atom. The molecule has 3 atom stereocenters. The summed E-state index contributed by atoms with van der Waals surface area (Å²) in [5.74, 6) is -0.749. The van der Waals surface area contributed by atoms with Crippen molar-refractivity contribution in [2.45, 2.75) is 38.5 Å². The summed E-state index contributed by atoms with van der Waals surface area (Å²) in [5, 5.41) is 10.1. The highest BCUT2D eigenvalue weighted by atomic mass is 19.1. The molecule has 0 saturated carbocycles. The van der Waals surface area contributed by atoms with Crippen LogP contribution in [-0.2, 0) is 16.1 Å². The number of rotatable bonds is 7. The third kappa shape index (κ3) is 5.27. The summed E-state index contributed by atoms with van der Waals surface area (Å²) >= 11 is 0. The zero-order valence-electron chi connectivity index (χ0n) is 13.5. The van der Waals surface area contributed by atoms with Crippen LogP contribution in [0.1, 0.15) is 25.3 Å². The van der Waals surface area contributed by atoms with E-state index >= 15 is 0 Å². The number of aliphatic hydroxyl groups is 1. The van der Waals surface area contributed by atoms with Gasteiger partial charge in [-0.3, -0.25) is 9.69 Å². The predicted molar refractivity (Wildman–Crippen MR) is 85.0 cm³/mol.